The lowest BCUT2D eigenvalue weighted by Gasteiger charge is -2.39. The summed E-state index contributed by atoms with van der Waals surface area (Å²) in [7, 11) is 0. The van der Waals surface area contributed by atoms with Crippen LogP contribution >= 0.6 is 0 Å². The van der Waals surface area contributed by atoms with Crippen molar-refractivity contribution in [2.45, 2.75) is 32.2 Å². The van der Waals surface area contributed by atoms with Gasteiger partial charge in [0.05, 0.1) is 6.04 Å². The number of anilines is 1. The quantitative estimate of drug-likeness (QED) is 0.706. The monoisotopic (exact) mass is 293 g/mol. The summed E-state index contributed by atoms with van der Waals surface area (Å²) in [6, 6.07) is 11.5. The van der Waals surface area contributed by atoms with Gasteiger partial charge in [0, 0.05) is 17.2 Å². The summed E-state index contributed by atoms with van der Waals surface area (Å²) in [4.78, 5) is 0. The topological polar surface area (TPSA) is 12.0 Å². The van der Waals surface area contributed by atoms with Crippen molar-refractivity contribution in [1.82, 2.24) is 0 Å². The van der Waals surface area contributed by atoms with Gasteiger partial charge in [-0.3, -0.25) is 0 Å². The molecule has 2 aromatic rings. The average Bonchev–Trinajstić information content (AvgIpc) is 3.00. The van der Waals surface area contributed by atoms with Crippen LogP contribution in [-0.2, 0) is 0 Å². The van der Waals surface area contributed by atoms with E-state index in [0.29, 0.717) is 11.8 Å². The summed E-state index contributed by atoms with van der Waals surface area (Å²) in [6.45, 7) is 4.30. The maximum absolute atomic E-state index is 14.3. The van der Waals surface area contributed by atoms with Crippen molar-refractivity contribution in [2.75, 3.05) is 5.32 Å². The zero-order valence-corrected chi connectivity index (χ0v) is 12.9. The Hall–Kier alpha value is -2.09. The summed E-state index contributed by atoms with van der Waals surface area (Å²) in [5.41, 5.74) is 5.93. The van der Waals surface area contributed by atoms with Gasteiger partial charge in [0.15, 0.2) is 0 Å². The number of rotatable bonds is 1. The number of benzene rings is 2. The zero-order chi connectivity index (χ0) is 15.3. The van der Waals surface area contributed by atoms with Crippen molar-refractivity contribution in [3.05, 3.63) is 76.6 Å². The predicted octanol–water partition coefficient (Wildman–Crippen LogP) is 5.27. The third kappa shape index (κ3) is 1.90. The van der Waals surface area contributed by atoms with Crippen molar-refractivity contribution < 1.29 is 4.39 Å². The van der Waals surface area contributed by atoms with Crippen molar-refractivity contribution in [3.8, 4) is 0 Å². The molecule has 1 heterocycles. The van der Waals surface area contributed by atoms with Gasteiger partial charge in [-0.1, -0.05) is 42.5 Å². The summed E-state index contributed by atoms with van der Waals surface area (Å²) in [5, 5.41) is 3.65. The molecule has 0 spiro atoms. The van der Waals surface area contributed by atoms with Gasteiger partial charge >= 0.3 is 0 Å². The van der Waals surface area contributed by atoms with E-state index < -0.39 is 0 Å². The Morgan fingerprint density at radius 1 is 1.05 bits per heavy atom. The predicted molar refractivity (Wildman–Crippen MR) is 88.7 cm³/mol. The number of allylic oxidation sites excluding steroid dienone is 2. The molecule has 0 aromatic heterocycles. The van der Waals surface area contributed by atoms with E-state index in [4.69, 9.17) is 0 Å². The fourth-order valence-corrected chi connectivity index (χ4v) is 4.08. The zero-order valence-electron chi connectivity index (χ0n) is 12.9. The number of aryl methyl sites for hydroxylation is 2. The first-order chi connectivity index (χ1) is 10.7. The van der Waals surface area contributed by atoms with Crippen LogP contribution in [0.5, 0.6) is 0 Å². The summed E-state index contributed by atoms with van der Waals surface area (Å²) >= 11 is 0. The highest BCUT2D eigenvalue weighted by Gasteiger charge is 2.39. The second kappa shape index (κ2) is 4.98. The Labute approximate surface area is 130 Å². The minimum absolute atomic E-state index is 0.0363. The maximum Gasteiger partial charge on any atom is 0.128 e. The molecule has 0 amide bonds. The van der Waals surface area contributed by atoms with Gasteiger partial charge in [-0.25, -0.2) is 4.39 Å². The van der Waals surface area contributed by atoms with Crippen LogP contribution in [0.25, 0.3) is 0 Å². The lowest BCUT2D eigenvalue weighted by atomic mass is 9.75. The Morgan fingerprint density at radius 3 is 2.64 bits per heavy atom. The van der Waals surface area contributed by atoms with Crippen LogP contribution in [0.4, 0.5) is 10.1 Å². The third-order valence-electron chi connectivity index (χ3n) is 5.19. The molecule has 4 rings (SSSR count). The Kier molecular flexibility index (Phi) is 3.07. The molecule has 0 fully saturated rings. The second-order valence-electron chi connectivity index (χ2n) is 6.49. The molecule has 0 saturated heterocycles. The van der Waals surface area contributed by atoms with Crippen molar-refractivity contribution >= 4 is 5.69 Å². The molecule has 0 unspecified atom stereocenters. The van der Waals surface area contributed by atoms with Crippen molar-refractivity contribution in [3.63, 3.8) is 0 Å². The van der Waals surface area contributed by atoms with Crippen LogP contribution in [0.1, 0.15) is 40.6 Å². The van der Waals surface area contributed by atoms with Crippen LogP contribution in [0.3, 0.4) is 0 Å². The highest BCUT2D eigenvalue weighted by atomic mass is 19.1. The molecule has 0 saturated carbocycles. The van der Waals surface area contributed by atoms with Crippen LogP contribution in [0, 0.1) is 25.6 Å². The number of nitrogens with one attached hydrogen (secondary N) is 1. The van der Waals surface area contributed by atoms with Crippen LogP contribution < -0.4 is 5.32 Å². The SMILES string of the molecule is Cc1ccc(C)c2c1N[C@H](c1ccccc1F)[C@@H]1CC=C[C@@H]21. The number of hydrogen-bond donors (Lipinski definition) is 1. The first kappa shape index (κ1) is 13.6. The first-order valence-electron chi connectivity index (χ1n) is 7.94. The Bertz CT molecular complexity index is 762. The molecule has 2 aromatic carbocycles. The smallest absolute Gasteiger partial charge is 0.128 e. The molecular weight excluding hydrogens is 273 g/mol. The van der Waals surface area contributed by atoms with E-state index in [-0.39, 0.29) is 11.9 Å². The van der Waals surface area contributed by atoms with E-state index in [1.54, 1.807) is 12.1 Å². The van der Waals surface area contributed by atoms with E-state index in [2.05, 4.69) is 43.4 Å². The maximum atomic E-state index is 14.3. The molecule has 22 heavy (non-hydrogen) atoms. The Balaban J connectivity index is 1.88. The van der Waals surface area contributed by atoms with Gasteiger partial charge in [-0.2, -0.15) is 0 Å². The number of fused-ring (bicyclic) bond motifs is 3. The van der Waals surface area contributed by atoms with E-state index in [0.717, 1.165) is 12.0 Å². The van der Waals surface area contributed by atoms with Crippen LogP contribution in [0.2, 0.25) is 0 Å². The summed E-state index contributed by atoms with van der Waals surface area (Å²) < 4.78 is 14.3. The molecule has 0 bridgehead atoms. The average molecular weight is 293 g/mol. The number of hydrogen-bond acceptors (Lipinski definition) is 1. The fraction of sp³-hybridized carbons (Fsp3) is 0.300. The molecule has 2 heteroatoms. The van der Waals surface area contributed by atoms with Gasteiger partial charge in [0.1, 0.15) is 5.82 Å². The largest absolute Gasteiger partial charge is 0.377 e. The summed E-state index contributed by atoms with van der Waals surface area (Å²) in [5.74, 6) is 0.671. The van der Waals surface area contributed by atoms with Crippen LogP contribution in [0.15, 0.2) is 48.6 Å². The van der Waals surface area contributed by atoms with E-state index in [9.17, 15) is 4.39 Å². The van der Waals surface area contributed by atoms with Crippen molar-refractivity contribution in [1.29, 1.82) is 0 Å². The van der Waals surface area contributed by atoms with Gasteiger partial charge in [-0.05, 0) is 48.9 Å². The molecule has 1 N–H and O–H groups in total. The van der Waals surface area contributed by atoms with Gasteiger partial charge in [0.25, 0.3) is 0 Å². The van der Waals surface area contributed by atoms with Gasteiger partial charge in [0.2, 0.25) is 0 Å². The minimum Gasteiger partial charge on any atom is -0.377 e. The number of halogens is 1. The lowest BCUT2D eigenvalue weighted by Crippen LogP contribution is -2.30. The van der Waals surface area contributed by atoms with Gasteiger partial charge in [-0.15, -0.1) is 0 Å². The highest BCUT2D eigenvalue weighted by molar-refractivity contribution is 5.66. The van der Waals surface area contributed by atoms with E-state index in [1.807, 2.05) is 12.1 Å². The first-order valence-corrected chi connectivity index (χ1v) is 7.94. The standard InChI is InChI=1S/C20H20FN/c1-12-10-11-13(2)19-18(12)14-7-5-8-15(14)20(22-19)16-6-3-4-9-17(16)21/h3-7,9-11,14-15,20,22H,8H2,1-2H3/t14-,15-,20+/m1/s1. The highest BCUT2D eigenvalue weighted by Crippen LogP contribution is 2.51. The molecule has 112 valence electrons. The lowest BCUT2D eigenvalue weighted by molar-refractivity contribution is 0.412. The van der Waals surface area contributed by atoms with E-state index >= 15 is 0 Å². The normalized spacial score (nSPS) is 25.5. The fourth-order valence-electron chi connectivity index (χ4n) is 4.08. The second-order valence-corrected chi connectivity index (χ2v) is 6.49. The van der Waals surface area contributed by atoms with E-state index in [1.165, 1.54) is 22.4 Å². The molecule has 1 nitrogen and oxygen atoms in total. The minimum atomic E-state index is -0.112. The third-order valence-corrected chi connectivity index (χ3v) is 5.19. The van der Waals surface area contributed by atoms with Crippen LogP contribution in [-0.4, -0.2) is 0 Å². The molecule has 3 atom stereocenters. The Morgan fingerprint density at radius 2 is 1.82 bits per heavy atom. The van der Waals surface area contributed by atoms with Crippen molar-refractivity contribution in [2.24, 2.45) is 5.92 Å². The molecule has 1 aliphatic carbocycles. The summed E-state index contributed by atoms with van der Waals surface area (Å²) in [6.07, 6.45) is 5.57. The van der Waals surface area contributed by atoms with Gasteiger partial charge < -0.3 is 5.32 Å². The molecule has 2 aliphatic rings. The molecular formula is C20H20FN. The molecule has 0 radical (unpaired) electrons. The molecule has 1 aliphatic heterocycles.